The van der Waals surface area contributed by atoms with Gasteiger partial charge in [-0.05, 0) is 32.0 Å². The van der Waals surface area contributed by atoms with Gasteiger partial charge in [0.1, 0.15) is 5.75 Å². The summed E-state index contributed by atoms with van der Waals surface area (Å²) in [5, 5.41) is 0. The van der Waals surface area contributed by atoms with Crippen LogP contribution in [0.3, 0.4) is 0 Å². The number of sulfonamides is 1. The van der Waals surface area contributed by atoms with E-state index in [1.165, 1.54) is 17.5 Å². The number of ether oxygens (including phenoxy) is 1. The van der Waals surface area contributed by atoms with E-state index in [0.29, 0.717) is 11.3 Å². The third kappa shape index (κ3) is 3.39. The lowest BCUT2D eigenvalue weighted by Gasteiger charge is -2.25. The van der Waals surface area contributed by atoms with Crippen LogP contribution < -0.4 is 10.5 Å². The highest BCUT2D eigenvalue weighted by molar-refractivity contribution is 7.89. The maximum Gasteiger partial charge on any atom is 0.243 e. The fourth-order valence-electron chi connectivity index (χ4n) is 1.92. The van der Waals surface area contributed by atoms with Gasteiger partial charge >= 0.3 is 0 Å². The molecule has 0 atom stereocenters. The molecule has 1 rings (SSSR count). The highest BCUT2D eigenvalue weighted by Gasteiger charge is 2.26. The second-order valence-electron chi connectivity index (χ2n) is 4.63. The van der Waals surface area contributed by atoms with Crippen molar-refractivity contribution in [2.45, 2.75) is 31.3 Å². The molecular formula is C14H22N2O3S. The van der Waals surface area contributed by atoms with Crippen LogP contribution in [0.2, 0.25) is 0 Å². The standard InChI is InChI=1S/C14H22N2O3S/c1-5-8-16(11(2)3)20(17,18)13-6-7-14(19-4)12(9-13)10-15/h5-7,9,11H,1,8,10,15H2,2-4H3. The lowest BCUT2D eigenvalue weighted by atomic mass is 10.2. The topological polar surface area (TPSA) is 72.6 Å². The molecule has 20 heavy (non-hydrogen) atoms. The molecule has 0 fully saturated rings. The second-order valence-corrected chi connectivity index (χ2v) is 6.53. The van der Waals surface area contributed by atoms with E-state index in [0.717, 1.165) is 0 Å². The Hall–Kier alpha value is -1.37. The lowest BCUT2D eigenvalue weighted by molar-refractivity contribution is 0.382. The Morgan fingerprint density at radius 2 is 2.10 bits per heavy atom. The smallest absolute Gasteiger partial charge is 0.243 e. The predicted molar refractivity (Wildman–Crippen MR) is 80.1 cm³/mol. The van der Waals surface area contributed by atoms with E-state index in [1.54, 1.807) is 18.2 Å². The molecule has 0 aliphatic carbocycles. The van der Waals surface area contributed by atoms with Gasteiger partial charge in [0.15, 0.2) is 0 Å². The molecule has 0 amide bonds. The second kappa shape index (κ2) is 6.88. The van der Waals surface area contributed by atoms with Gasteiger partial charge in [-0.15, -0.1) is 6.58 Å². The first-order valence-electron chi connectivity index (χ1n) is 6.38. The van der Waals surface area contributed by atoms with E-state index in [2.05, 4.69) is 6.58 Å². The van der Waals surface area contributed by atoms with Crippen LogP contribution in [-0.4, -0.2) is 32.4 Å². The van der Waals surface area contributed by atoms with Crippen molar-refractivity contribution in [2.75, 3.05) is 13.7 Å². The van der Waals surface area contributed by atoms with Crippen LogP contribution in [0.5, 0.6) is 5.75 Å². The van der Waals surface area contributed by atoms with Gasteiger partial charge in [0.2, 0.25) is 10.0 Å². The number of hydrogen-bond acceptors (Lipinski definition) is 4. The van der Waals surface area contributed by atoms with Crippen molar-refractivity contribution in [2.24, 2.45) is 5.73 Å². The van der Waals surface area contributed by atoms with E-state index in [4.69, 9.17) is 10.5 Å². The lowest BCUT2D eigenvalue weighted by Crippen LogP contribution is -2.37. The van der Waals surface area contributed by atoms with Crippen molar-refractivity contribution in [1.29, 1.82) is 0 Å². The molecule has 0 aliphatic heterocycles. The number of benzene rings is 1. The molecule has 0 saturated carbocycles. The molecule has 5 nitrogen and oxygen atoms in total. The zero-order valence-electron chi connectivity index (χ0n) is 12.2. The first-order chi connectivity index (χ1) is 9.38. The number of hydrogen-bond donors (Lipinski definition) is 1. The maximum atomic E-state index is 12.6. The Labute approximate surface area is 121 Å². The van der Waals surface area contributed by atoms with Crippen molar-refractivity contribution < 1.29 is 13.2 Å². The molecule has 0 bridgehead atoms. The minimum absolute atomic E-state index is 0.151. The number of nitrogens with two attached hydrogens (primary N) is 1. The number of methoxy groups -OCH3 is 1. The summed E-state index contributed by atoms with van der Waals surface area (Å²) in [6.07, 6.45) is 1.57. The van der Waals surface area contributed by atoms with Gasteiger partial charge in [0, 0.05) is 24.7 Å². The Bertz CT molecular complexity index is 568. The van der Waals surface area contributed by atoms with Gasteiger partial charge in [-0.3, -0.25) is 0 Å². The Morgan fingerprint density at radius 1 is 1.45 bits per heavy atom. The van der Waals surface area contributed by atoms with Crippen molar-refractivity contribution in [1.82, 2.24) is 4.31 Å². The summed E-state index contributed by atoms with van der Waals surface area (Å²) >= 11 is 0. The summed E-state index contributed by atoms with van der Waals surface area (Å²) in [6, 6.07) is 4.57. The van der Waals surface area contributed by atoms with E-state index in [9.17, 15) is 8.42 Å². The van der Waals surface area contributed by atoms with Crippen LogP contribution in [0.4, 0.5) is 0 Å². The Balaban J connectivity index is 3.30. The molecule has 1 aromatic carbocycles. The molecule has 0 heterocycles. The quantitative estimate of drug-likeness (QED) is 0.778. The summed E-state index contributed by atoms with van der Waals surface area (Å²) in [4.78, 5) is 0.217. The van der Waals surface area contributed by atoms with Crippen LogP contribution in [-0.2, 0) is 16.6 Å². The molecule has 6 heteroatoms. The summed E-state index contributed by atoms with van der Waals surface area (Å²) < 4.78 is 31.8. The fraction of sp³-hybridized carbons (Fsp3) is 0.429. The summed E-state index contributed by atoms with van der Waals surface area (Å²) in [6.45, 7) is 7.75. The summed E-state index contributed by atoms with van der Waals surface area (Å²) in [5.41, 5.74) is 6.29. The predicted octanol–water partition coefficient (Wildman–Crippen LogP) is 1.74. The van der Waals surface area contributed by atoms with Crippen LogP contribution in [0.15, 0.2) is 35.7 Å². The van der Waals surface area contributed by atoms with Gasteiger partial charge in [0.05, 0.1) is 12.0 Å². The molecule has 2 N–H and O–H groups in total. The average Bonchev–Trinajstić information content (AvgIpc) is 2.43. The summed E-state index contributed by atoms with van der Waals surface area (Å²) in [5.74, 6) is 0.589. The Kier molecular flexibility index (Phi) is 5.74. The van der Waals surface area contributed by atoms with Crippen LogP contribution in [0, 0.1) is 0 Å². The minimum atomic E-state index is -3.57. The minimum Gasteiger partial charge on any atom is -0.496 e. The highest BCUT2D eigenvalue weighted by atomic mass is 32.2. The third-order valence-electron chi connectivity index (χ3n) is 2.96. The van der Waals surface area contributed by atoms with Crippen LogP contribution in [0.1, 0.15) is 19.4 Å². The van der Waals surface area contributed by atoms with Gasteiger partial charge < -0.3 is 10.5 Å². The van der Waals surface area contributed by atoms with E-state index in [1.807, 2.05) is 13.8 Å². The molecule has 0 aromatic heterocycles. The maximum absolute atomic E-state index is 12.6. The van der Waals surface area contributed by atoms with Crippen LogP contribution >= 0.6 is 0 Å². The molecular weight excluding hydrogens is 276 g/mol. The first kappa shape index (κ1) is 16.7. The van der Waals surface area contributed by atoms with E-state index in [-0.39, 0.29) is 24.0 Å². The summed E-state index contributed by atoms with van der Waals surface area (Å²) in [7, 11) is -2.04. The molecule has 112 valence electrons. The number of nitrogens with zero attached hydrogens (tertiary/aromatic N) is 1. The largest absolute Gasteiger partial charge is 0.496 e. The van der Waals surface area contributed by atoms with Crippen LogP contribution in [0.25, 0.3) is 0 Å². The Morgan fingerprint density at radius 3 is 2.55 bits per heavy atom. The van der Waals surface area contributed by atoms with E-state index < -0.39 is 10.0 Å². The average molecular weight is 298 g/mol. The van der Waals surface area contributed by atoms with Crippen molar-refractivity contribution >= 4 is 10.0 Å². The molecule has 0 spiro atoms. The zero-order chi connectivity index (χ0) is 15.3. The first-order valence-corrected chi connectivity index (χ1v) is 7.82. The molecule has 0 radical (unpaired) electrons. The molecule has 1 aromatic rings. The molecule has 0 unspecified atom stereocenters. The van der Waals surface area contributed by atoms with Crippen molar-refractivity contribution in [3.05, 3.63) is 36.4 Å². The SMILES string of the molecule is C=CCN(C(C)C)S(=O)(=O)c1ccc(OC)c(CN)c1. The van der Waals surface area contributed by atoms with E-state index >= 15 is 0 Å². The molecule has 0 aliphatic rings. The monoisotopic (exact) mass is 298 g/mol. The van der Waals surface area contributed by atoms with Gasteiger partial charge in [-0.25, -0.2) is 8.42 Å². The number of rotatable bonds is 7. The normalized spacial score (nSPS) is 11.9. The highest BCUT2D eigenvalue weighted by Crippen LogP contribution is 2.25. The van der Waals surface area contributed by atoms with Gasteiger partial charge in [-0.1, -0.05) is 6.08 Å². The van der Waals surface area contributed by atoms with Crippen molar-refractivity contribution in [3.8, 4) is 5.75 Å². The van der Waals surface area contributed by atoms with Gasteiger partial charge in [-0.2, -0.15) is 4.31 Å². The third-order valence-corrected chi connectivity index (χ3v) is 5.00. The van der Waals surface area contributed by atoms with Gasteiger partial charge in [0.25, 0.3) is 0 Å². The zero-order valence-corrected chi connectivity index (χ0v) is 13.0. The molecule has 0 saturated heterocycles. The fourth-order valence-corrected chi connectivity index (χ4v) is 3.58. The van der Waals surface area contributed by atoms with Crippen molar-refractivity contribution in [3.63, 3.8) is 0 Å².